The summed E-state index contributed by atoms with van der Waals surface area (Å²) in [6.07, 6.45) is 0. The molecule has 0 saturated carbocycles. The van der Waals surface area contributed by atoms with Crippen molar-refractivity contribution in [3.8, 4) is 0 Å². The highest BCUT2D eigenvalue weighted by Gasteiger charge is 2.49. The minimum Gasteiger partial charge on any atom is -0.364 e. The van der Waals surface area contributed by atoms with E-state index in [1.54, 1.807) is 27.7 Å². The van der Waals surface area contributed by atoms with E-state index in [1.165, 1.54) is 35.2 Å². The van der Waals surface area contributed by atoms with Crippen LogP contribution in [-0.4, -0.2) is 74.3 Å². The molecular formula is C18H36N3O8PS2. The molecule has 3 N–H and O–H groups in total. The Balaban J connectivity index is 5.95. The predicted molar refractivity (Wildman–Crippen MR) is 126 cm³/mol. The average molecular weight is 518 g/mol. The maximum absolute atomic E-state index is 14.1. The maximum Gasteiger partial charge on any atom is 0.316 e. The lowest BCUT2D eigenvalue weighted by Crippen LogP contribution is -2.45. The summed E-state index contributed by atoms with van der Waals surface area (Å²) < 4.78 is 32.0. The monoisotopic (exact) mass is 517 g/mol. The molecule has 3 amide bonds. The van der Waals surface area contributed by atoms with E-state index in [-0.39, 0.29) is 20.2 Å². The molecule has 0 fully saturated rings. The summed E-state index contributed by atoms with van der Waals surface area (Å²) in [7, 11) is 4.26. The molecule has 0 aliphatic rings. The van der Waals surface area contributed by atoms with Gasteiger partial charge in [-0.1, -0.05) is 0 Å². The topological polar surface area (TPSA) is 141 Å². The lowest BCUT2D eigenvalue weighted by atomic mass is 10.1. The quantitative estimate of drug-likeness (QED) is 0.218. The molecule has 0 aliphatic heterocycles. The third-order valence-electron chi connectivity index (χ3n) is 3.79. The van der Waals surface area contributed by atoms with Gasteiger partial charge in [-0.15, -0.1) is 0 Å². The number of hydrogen-bond donors (Lipinski definition) is 3. The third kappa shape index (κ3) is 10.4. The smallest absolute Gasteiger partial charge is 0.316 e. The highest BCUT2D eigenvalue weighted by molar-refractivity contribution is 8.90. The van der Waals surface area contributed by atoms with Crippen LogP contribution in [0.5, 0.6) is 0 Å². The van der Waals surface area contributed by atoms with Crippen LogP contribution in [0.15, 0.2) is 0 Å². The van der Waals surface area contributed by atoms with E-state index in [2.05, 4.69) is 16.0 Å². The van der Waals surface area contributed by atoms with Gasteiger partial charge in [-0.3, -0.25) is 23.5 Å². The van der Waals surface area contributed by atoms with Crippen LogP contribution in [0, 0.1) is 0 Å². The zero-order valence-corrected chi connectivity index (χ0v) is 22.7. The summed E-state index contributed by atoms with van der Waals surface area (Å²) in [5.41, 5.74) is -1.55. The number of carbonyl (C=O) groups excluding carboxylic acids is 3. The molecule has 0 aromatic carbocycles. The van der Waals surface area contributed by atoms with Gasteiger partial charge in [-0.05, 0) is 64.3 Å². The van der Waals surface area contributed by atoms with Gasteiger partial charge in [0.2, 0.25) is 11.8 Å². The van der Waals surface area contributed by atoms with Crippen LogP contribution >= 0.6 is 28.5 Å². The first-order valence-corrected chi connectivity index (χ1v) is 14.1. The van der Waals surface area contributed by atoms with Crippen LogP contribution in [0.4, 0.5) is 0 Å². The minimum absolute atomic E-state index is 0.0308. The second kappa shape index (κ2) is 13.2. The molecule has 0 heterocycles. The third-order valence-corrected chi connectivity index (χ3v) is 12.1. The first-order chi connectivity index (χ1) is 14.6. The molecule has 0 rings (SSSR count). The van der Waals surface area contributed by atoms with Crippen molar-refractivity contribution in [2.24, 2.45) is 0 Å². The van der Waals surface area contributed by atoms with Crippen LogP contribution in [-0.2, 0) is 37.7 Å². The Morgan fingerprint density at radius 1 is 0.688 bits per heavy atom. The van der Waals surface area contributed by atoms with E-state index >= 15 is 0 Å². The Morgan fingerprint density at radius 2 is 1.00 bits per heavy atom. The summed E-state index contributed by atoms with van der Waals surface area (Å²) in [5, 5.41) is 7.63. The van der Waals surface area contributed by atoms with Crippen LogP contribution < -0.4 is 16.0 Å². The van der Waals surface area contributed by atoms with Crippen molar-refractivity contribution in [1.29, 1.82) is 0 Å². The largest absolute Gasteiger partial charge is 0.364 e. The van der Waals surface area contributed by atoms with Gasteiger partial charge in [0.15, 0.2) is 0 Å². The summed E-state index contributed by atoms with van der Waals surface area (Å²) in [6.45, 7) is 9.03. The van der Waals surface area contributed by atoms with Gasteiger partial charge < -0.3 is 30.2 Å². The number of rotatable bonds is 15. The first-order valence-electron chi connectivity index (χ1n) is 9.61. The van der Waals surface area contributed by atoms with Gasteiger partial charge in [-0.25, -0.2) is 0 Å². The fourth-order valence-corrected chi connectivity index (χ4v) is 13.2. The van der Waals surface area contributed by atoms with Crippen molar-refractivity contribution in [3.05, 3.63) is 0 Å². The van der Waals surface area contributed by atoms with Crippen molar-refractivity contribution in [2.75, 3.05) is 41.5 Å². The molecule has 0 unspecified atom stereocenters. The van der Waals surface area contributed by atoms with Crippen molar-refractivity contribution < 1.29 is 37.7 Å². The maximum atomic E-state index is 14.1. The number of amides is 3. The molecule has 0 atom stereocenters. The van der Waals surface area contributed by atoms with Crippen LogP contribution in [0.1, 0.15) is 41.5 Å². The molecule has 0 saturated heterocycles. The Morgan fingerprint density at radius 3 is 1.31 bits per heavy atom. The summed E-state index contributed by atoms with van der Waals surface area (Å²) in [5.74, 6) is -5.37. The van der Waals surface area contributed by atoms with E-state index in [0.29, 0.717) is 0 Å². The van der Waals surface area contributed by atoms with Gasteiger partial charge in [0.25, 0.3) is 5.91 Å². The van der Waals surface area contributed by atoms with E-state index in [1.807, 2.05) is 0 Å². The Kier molecular flexibility index (Phi) is 12.8. The molecular weight excluding hydrogens is 481 g/mol. The SMILES string of the molecule is COCNC(=O)C(C)(C)OP(=O)(SC(C)(C)C(=O)NCOC)SC(C)(C)C(=O)NCOC. The van der Waals surface area contributed by atoms with Crippen molar-refractivity contribution in [2.45, 2.75) is 56.6 Å². The zero-order valence-electron chi connectivity index (χ0n) is 20.2. The van der Waals surface area contributed by atoms with Crippen molar-refractivity contribution >= 4 is 46.3 Å². The van der Waals surface area contributed by atoms with Gasteiger partial charge in [0.05, 0.1) is 9.49 Å². The molecule has 188 valence electrons. The standard InChI is InChI=1S/C18H36N3O8PS2/c1-16(2,13(22)19-10-26-7)29-30(25,31-17(3,4)14(23)20-11-27-8)32-18(5,6)15(24)21-12-28-9/h10-12H2,1-9H3,(H,19,22)(H,20,23)(H,21,24). The molecule has 14 heteroatoms. The fraction of sp³-hybridized carbons (Fsp3) is 0.833. The lowest BCUT2D eigenvalue weighted by Gasteiger charge is -2.35. The van der Waals surface area contributed by atoms with Crippen molar-refractivity contribution in [1.82, 2.24) is 16.0 Å². The van der Waals surface area contributed by atoms with Crippen LogP contribution in [0.2, 0.25) is 0 Å². The molecule has 0 spiro atoms. The van der Waals surface area contributed by atoms with Gasteiger partial charge in [-0.2, -0.15) is 0 Å². The second-order valence-corrected chi connectivity index (χ2v) is 16.2. The van der Waals surface area contributed by atoms with E-state index < -0.39 is 38.6 Å². The zero-order chi connectivity index (χ0) is 25.2. The van der Waals surface area contributed by atoms with Crippen LogP contribution in [0.25, 0.3) is 0 Å². The summed E-state index contributed by atoms with van der Waals surface area (Å²) in [4.78, 5) is 37.7. The van der Waals surface area contributed by atoms with E-state index in [9.17, 15) is 18.9 Å². The molecule has 32 heavy (non-hydrogen) atoms. The number of methoxy groups -OCH3 is 3. The van der Waals surface area contributed by atoms with Crippen LogP contribution in [0.3, 0.4) is 0 Å². The van der Waals surface area contributed by atoms with E-state index in [4.69, 9.17) is 18.7 Å². The Labute approximate surface area is 198 Å². The van der Waals surface area contributed by atoms with Gasteiger partial charge >= 0.3 is 5.77 Å². The summed E-state index contributed by atoms with van der Waals surface area (Å²) in [6, 6.07) is 0. The molecule has 0 aliphatic carbocycles. The van der Waals surface area contributed by atoms with E-state index in [0.717, 1.165) is 22.8 Å². The lowest BCUT2D eigenvalue weighted by molar-refractivity contribution is -0.135. The number of nitrogens with one attached hydrogen (secondary N) is 3. The van der Waals surface area contributed by atoms with Crippen molar-refractivity contribution in [3.63, 3.8) is 0 Å². The minimum atomic E-state index is -3.91. The highest BCUT2D eigenvalue weighted by Crippen LogP contribution is 2.77. The second-order valence-electron chi connectivity index (χ2n) is 8.07. The fourth-order valence-electron chi connectivity index (χ4n) is 2.07. The number of ether oxygens (including phenoxy) is 3. The molecule has 0 radical (unpaired) electrons. The highest BCUT2D eigenvalue weighted by atomic mass is 33.1. The Hall–Kier alpha value is -0.820. The van der Waals surface area contributed by atoms with Gasteiger partial charge in [0.1, 0.15) is 25.8 Å². The summed E-state index contributed by atoms with van der Waals surface area (Å²) >= 11 is 1.50. The average Bonchev–Trinajstić information content (AvgIpc) is 2.66. The molecule has 0 aromatic rings. The van der Waals surface area contributed by atoms with Gasteiger partial charge in [0, 0.05) is 21.3 Å². The Bertz CT molecular complexity index is 613. The molecule has 11 nitrogen and oxygen atoms in total. The normalized spacial score (nSPS) is 12.9. The number of hydrogen-bond acceptors (Lipinski definition) is 10. The molecule has 0 aromatic heterocycles. The first kappa shape index (κ1) is 31.2. The number of carbonyl (C=O) groups is 3. The predicted octanol–water partition coefficient (Wildman–Crippen LogP) is 2.07. The molecule has 0 bridgehead atoms.